The summed E-state index contributed by atoms with van der Waals surface area (Å²) < 4.78 is 115. The first-order chi connectivity index (χ1) is 11.8. The number of halogens is 8. The molecule has 0 heterocycles. The van der Waals surface area contributed by atoms with E-state index < -0.39 is 51.1 Å². The van der Waals surface area contributed by atoms with Crippen LogP contribution in [0.1, 0.15) is 15.9 Å². The fourth-order valence-corrected chi connectivity index (χ4v) is 4.52. The predicted octanol–water partition coefficient (Wildman–Crippen LogP) is 3.48. The molecule has 15 heteroatoms. The SMILES string of the molecule is Cc1c(I)cc(I)c(O)c1C(=O)OC(CS(=O)(=O)[O-])(C(F)(F)F)C(F)(F)F. The number of ether oxygens (including phenoxy) is 1. The second-order valence-corrected chi connectivity index (χ2v) is 8.83. The minimum absolute atomic E-state index is 0.0874. The molecule has 27 heavy (non-hydrogen) atoms. The number of alkyl halides is 6. The van der Waals surface area contributed by atoms with Crippen molar-refractivity contribution in [1.82, 2.24) is 0 Å². The Morgan fingerprint density at radius 1 is 1.15 bits per heavy atom. The lowest BCUT2D eigenvalue weighted by atomic mass is 10.0. The van der Waals surface area contributed by atoms with Crippen LogP contribution >= 0.6 is 45.2 Å². The van der Waals surface area contributed by atoms with Gasteiger partial charge < -0.3 is 14.4 Å². The highest BCUT2D eigenvalue weighted by atomic mass is 127. The van der Waals surface area contributed by atoms with Crippen LogP contribution in [0, 0.1) is 14.1 Å². The van der Waals surface area contributed by atoms with Gasteiger partial charge in [0.2, 0.25) is 0 Å². The minimum atomic E-state index is -6.49. The number of aromatic hydroxyl groups is 1. The van der Waals surface area contributed by atoms with Crippen LogP contribution < -0.4 is 0 Å². The maximum atomic E-state index is 13.2. The predicted molar refractivity (Wildman–Crippen MR) is 93.1 cm³/mol. The molecule has 0 aliphatic carbocycles. The second kappa shape index (κ2) is 7.69. The fourth-order valence-electron chi connectivity index (χ4n) is 1.88. The highest BCUT2D eigenvalue weighted by Gasteiger charge is 2.75. The number of benzene rings is 1. The maximum Gasteiger partial charge on any atom is 0.438 e. The number of carbonyl (C=O) groups is 1. The zero-order chi connectivity index (χ0) is 21.6. The third-order valence-electron chi connectivity index (χ3n) is 3.22. The number of rotatable bonds is 4. The van der Waals surface area contributed by atoms with Crippen LogP contribution in [0.3, 0.4) is 0 Å². The van der Waals surface area contributed by atoms with Gasteiger partial charge in [0.05, 0.1) is 19.4 Å². The molecule has 1 aromatic carbocycles. The second-order valence-electron chi connectivity index (χ2n) is 5.10. The Morgan fingerprint density at radius 2 is 1.59 bits per heavy atom. The molecule has 0 spiro atoms. The summed E-state index contributed by atoms with van der Waals surface area (Å²) in [7, 11) is -6.15. The van der Waals surface area contributed by atoms with Crippen molar-refractivity contribution in [3.05, 3.63) is 24.3 Å². The molecule has 1 N–H and O–H groups in total. The van der Waals surface area contributed by atoms with Crippen LogP contribution in [0.15, 0.2) is 6.07 Å². The number of esters is 1. The van der Waals surface area contributed by atoms with E-state index in [4.69, 9.17) is 0 Å². The Kier molecular flexibility index (Phi) is 6.98. The van der Waals surface area contributed by atoms with Crippen molar-refractivity contribution in [2.75, 3.05) is 5.75 Å². The third-order valence-corrected chi connectivity index (χ3v) is 5.92. The lowest BCUT2D eigenvalue weighted by Crippen LogP contribution is -2.63. The smallest absolute Gasteiger partial charge is 0.438 e. The minimum Gasteiger partial charge on any atom is -0.748 e. The molecule has 0 aliphatic rings. The topological polar surface area (TPSA) is 104 Å². The van der Waals surface area contributed by atoms with Gasteiger partial charge in [-0.2, -0.15) is 26.3 Å². The van der Waals surface area contributed by atoms with Crippen LogP contribution in [0.2, 0.25) is 0 Å². The number of hydrogen-bond acceptors (Lipinski definition) is 6. The van der Waals surface area contributed by atoms with Crippen molar-refractivity contribution < 1.29 is 54.0 Å². The van der Waals surface area contributed by atoms with Crippen molar-refractivity contribution in [2.45, 2.75) is 24.9 Å². The van der Waals surface area contributed by atoms with Crippen molar-refractivity contribution in [2.24, 2.45) is 0 Å². The van der Waals surface area contributed by atoms with Gasteiger partial charge in [0, 0.05) is 3.57 Å². The summed E-state index contributed by atoms with van der Waals surface area (Å²) in [6, 6.07) is 1.28. The molecule has 1 aromatic rings. The Bertz CT molecular complexity index is 824. The lowest BCUT2D eigenvalue weighted by molar-refractivity contribution is -0.356. The Labute approximate surface area is 175 Å². The highest BCUT2D eigenvalue weighted by Crippen LogP contribution is 2.47. The van der Waals surface area contributed by atoms with E-state index in [0.29, 0.717) is 0 Å². The molecule has 0 fully saturated rings. The van der Waals surface area contributed by atoms with Crippen LogP contribution in [-0.4, -0.2) is 47.8 Å². The van der Waals surface area contributed by atoms with Crippen LogP contribution in [0.5, 0.6) is 5.75 Å². The summed E-state index contributed by atoms with van der Waals surface area (Å²) in [5.74, 6) is -6.36. The molecule has 0 saturated carbocycles. The van der Waals surface area contributed by atoms with Gasteiger partial charge in [-0.15, -0.1) is 0 Å². The van der Waals surface area contributed by atoms with Crippen molar-refractivity contribution in [1.29, 1.82) is 0 Å². The lowest BCUT2D eigenvalue weighted by Gasteiger charge is -2.37. The standard InChI is InChI=1S/C12H8F6I2O6S/c1-4-5(19)2-6(20)8(21)7(4)9(22)26-10(11(13,14)15,12(16,17)18)3-27(23,24)25/h2,21H,3H2,1H3,(H,23,24,25)/p-1. The first kappa shape index (κ1) is 24.5. The molecule has 154 valence electrons. The first-order valence-corrected chi connectivity index (χ1v) is 10.1. The highest BCUT2D eigenvalue weighted by molar-refractivity contribution is 14.1. The van der Waals surface area contributed by atoms with Crippen LogP contribution in [0.4, 0.5) is 26.3 Å². The van der Waals surface area contributed by atoms with Crippen LogP contribution in [0.25, 0.3) is 0 Å². The third kappa shape index (κ3) is 5.08. The quantitative estimate of drug-likeness (QED) is 0.233. The first-order valence-electron chi connectivity index (χ1n) is 6.32. The van der Waals surface area contributed by atoms with E-state index in [1.165, 1.54) is 28.7 Å². The molecule has 0 saturated heterocycles. The molecule has 0 aliphatic heterocycles. The van der Waals surface area contributed by atoms with Gasteiger partial charge in [-0.05, 0) is 63.7 Å². The van der Waals surface area contributed by atoms with E-state index in [-0.39, 0.29) is 12.7 Å². The van der Waals surface area contributed by atoms with Gasteiger partial charge >= 0.3 is 23.9 Å². The number of phenolic OH excluding ortho intramolecular Hbond substituents is 1. The normalized spacial score (nSPS) is 13.6. The number of carbonyl (C=O) groups excluding carboxylic acids is 1. The molecule has 0 atom stereocenters. The van der Waals surface area contributed by atoms with E-state index in [9.17, 15) is 49.2 Å². The van der Waals surface area contributed by atoms with E-state index in [1.54, 1.807) is 22.6 Å². The van der Waals surface area contributed by atoms with Crippen molar-refractivity contribution in [3.8, 4) is 5.75 Å². The summed E-state index contributed by atoms with van der Waals surface area (Å²) in [5, 5.41) is 9.85. The van der Waals surface area contributed by atoms with Gasteiger partial charge in [0.25, 0.3) is 0 Å². The average Bonchev–Trinajstić information content (AvgIpc) is 2.40. The summed E-state index contributed by atoms with van der Waals surface area (Å²) in [5.41, 5.74) is -6.84. The molecular formula is C12H7F6I2O6S-. The molecule has 1 rings (SSSR count). The van der Waals surface area contributed by atoms with E-state index >= 15 is 0 Å². The summed E-state index contributed by atoms with van der Waals surface area (Å²) in [4.78, 5) is 12.1. The van der Waals surface area contributed by atoms with Crippen molar-refractivity contribution in [3.63, 3.8) is 0 Å². The number of hydrogen-bond donors (Lipinski definition) is 1. The largest absolute Gasteiger partial charge is 0.748 e. The van der Waals surface area contributed by atoms with Crippen molar-refractivity contribution >= 4 is 61.3 Å². The zero-order valence-electron chi connectivity index (χ0n) is 12.7. The summed E-state index contributed by atoms with van der Waals surface area (Å²) >= 11 is 3.07. The Hall–Kier alpha value is -0.560. The monoisotopic (exact) mass is 647 g/mol. The number of phenols is 1. The summed E-state index contributed by atoms with van der Waals surface area (Å²) in [6.45, 7) is 1.11. The van der Waals surface area contributed by atoms with Gasteiger partial charge in [0.1, 0.15) is 11.3 Å². The molecule has 0 amide bonds. The van der Waals surface area contributed by atoms with Gasteiger partial charge in [-0.1, -0.05) is 0 Å². The Morgan fingerprint density at radius 3 is 1.96 bits per heavy atom. The molecular weight excluding hydrogens is 640 g/mol. The molecule has 0 bridgehead atoms. The molecule has 6 nitrogen and oxygen atoms in total. The molecule has 0 aromatic heterocycles. The Balaban J connectivity index is 3.68. The van der Waals surface area contributed by atoms with E-state index in [2.05, 4.69) is 4.74 Å². The maximum absolute atomic E-state index is 13.2. The van der Waals surface area contributed by atoms with Gasteiger partial charge in [0.15, 0.2) is 0 Å². The molecule has 0 radical (unpaired) electrons. The summed E-state index contributed by atoms with van der Waals surface area (Å²) in [6.07, 6.45) is -13.0. The fraction of sp³-hybridized carbons (Fsp3) is 0.417. The average molecular weight is 647 g/mol. The van der Waals surface area contributed by atoms with E-state index in [0.717, 1.165) is 6.92 Å². The van der Waals surface area contributed by atoms with E-state index in [1.807, 2.05) is 0 Å². The van der Waals surface area contributed by atoms with Gasteiger partial charge in [-0.25, -0.2) is 13.2 Å². The van der Waals surface area contributed by atoms with Crippen LogP contribution in [-0.2, 0) is 14.9 Å². The van der Waals surface area contributed by atoms with Gasteiger partial charge in [-0.3, -0.25) is 0 Å². The zero-order valence-corrected chi connectivity index (χ0v) is 17.8. The molecule has 0 unspecified atom stereocenters.